The van der Waals surface area contributed by atoms with Gasteiger partial charge in [-0.1, -0.05) is 68.4 Å². The zero-order valence-electron chi connectivity index (χ0n) is 18.1. The molecule has 0 aliphatic carbocycles. The van der Waals surface area contributed by atoms with E-state index in [2.05, 4.69) is 36.6 Å². The number of amides is 1. The molecule has 3 aromatic carbocycles. The molecule has 6 heteroatoms. The standard InChI is InChI=1S/C26H24N2O3S/c1-26(2,18-10-5-4-6-11-18)19-13-14-22(30-3)20(16-19)27-25(32)28-24(29)23-15-17-9-7-8-12-21(17)31-23/h4-16H,1-3H3,(H2,27,28,29,32). The van der Waals surface area contributed by atoms with Crippen molar-refractivity contribution in [1.29, 1.82) is 0 Å². The summed E-state index contributed by atoms with van der Waals surface area (Å²) >= 11 is 5.39. The highest BCUT2D eigenvalue weighted by Gasteiger charge is 2.24. The van der Waals surface area contributed by atoms with Crippen molar-refractivity contribution in [2.24, 2.45) is 0 Å². The SMILES string of the molecule is COc1ccc(C(C)(C)c2ccccc2)cc1NC(=S)NC(=O)c1cc2ccccc2o1. The van der Waals surface area contributed by atoms with Crippen molar-refractivity contribution >= 4 is 39.9 Å². The second kappa shape index (κ2) is 8.85. The number of carbonyl (C=O) groups is 1. The summed E-state index contributed by atoms with van der Waals surface area (Å²) < 4.78 is 11.1. The Morgan fingerprint density at radius 3 is 2.38 bits per heavy atom. The predicted molar refractivity (Wildman–Crippen MR) is 131 cm³/mol. The number of rotatable bonds is 5. The largest absolute Gasteiger partial charge is 0.495 e. The van der Waals surface area contributed by atoms with Crippen LogP contribution < -0.4 is 15.4 Å². The minimum atomic E-state index is -0.418. The third kappa shape index (κ3) is 4.36. The van der Waals surface area contributed by atoms with Gasteiger partial charge in [-0.15, -0.1) is 0 Å². The Hall–Kier alpha value is -3.64. The molecule has 0 saturated carbocycles. The van der Waals surface area contributed by atoms with Gasteiger partial charge in [0.25, 0.3) is 5.91 Å². The topological polar surface area (TPSA) is 63.5 Å². The maximum Gasteiger partial charge on any atom is 0.293 e. The van der Waals surface area contributed by atoms with Gasteiger partial charge < -0.3 is 14.5 Å². The van der Waals surface area contributed by atoms with E-state index >= 15 is 0 Å². The number of para-hydroxylation sites is 1. The first-order valence-corrected chi connectivity index (χ1v) is 10.6. The summed E-state index contributed by atoms with van der Waals surface area (Å²) in [5, 5.41) is 6.78. The summed E-state index contributed by atoms with van der Waals surface area (Å²) in [6.07, 6.45) is 0. The van der Waals surface area contributed by atoms with Gasteiger partial charge in [0.1, 0.15) is 11.3 Å². The van der Waals surface area contributed by atoms with Crippen molar-refractivity contribution in [1.82, 2.24) is 5.32 Å². The fourth-order valence-corrected chi connectivity index (χ4v) is 3.83. The normalized spacial score (nSPS) is 11.2. The molecule has 0 unspecified atom stereocenters. The lowest BCUT2D eigenvalue weighted by atomic mass is 9.78. The lowest BCUT2D eigenvalue weighted by Crippen LogP contribution is -2.34. The molecule has 32 heavy (non-hydrogen) atoms. The minimum Gasteiger partial charge on any atom is -0.495 e. The van der Waals surface area contributed by atoms with Crippen molar-refractivity contribution in [2.75, 3.05) is 12.4 Å². The van der Waals surface area contributed by atoms with E-state index in [4.69, 9.17) is 21.4 Å². The number of hydrogen-bond acceptors (Lipinski definition) is 4. The molecule has 0 saturated heterocycles. The number of thiocarbonyl (C=S) groups is 1. The summed E-state index contributed by atoms with van der Waals surface area (Å²) in [6.45, 7) is 4.32. The number of benzene rings is 3. The molecule has 1 aromatic heterocycles. The van der Waals surface area contributed by atoms with Gasteiger partial charge in [-0.05, 0) is 47.6 Å². The van der Waals surface area contributed by atoms with E-state index in [0.717, 1.165) is 10.9 Å². The number of hydrogen-bond donors (Lipinski definition) is 2. The molecule has 0 aliphatic heterocycles. The molecule has 0 bridgehead atoms. The highest BCUT2D eigenvalue weighted by atomic mass is 32.1. The van der Waals surface area contributed by atoms with Crippen molar-refractivity contribution in [3.63, 3.8) is 0 Å². The number of fused-ring (bicyclic) bond motifs is 1. The summed E-state index contributed by atoms with van der Waals surface area (Å²) in [6, 6.07) is 25.3. The van der Waals surface area contributed by atoms with Crippen LogP contribution in [0.15, 0.2) is 83.3 Å². The molecule has 1 amide bonds. The zero-order chi connectivity index (χ0) is 22.7. The van der Waals surface area contributed by atoms with Crippen LogP contribution in [0.4, 0.5) is 5.69 Å². The first-order valence-electron chi connectivity index (χ1n) is 10.2. The quantitative estimate of drug-likeness (QED) is 0.376. The Morgan fingerprint density at radius 1 is 0.938 bits per heavy atom. The van der Waals surface area contributed by atoms with Crippen LogP contribution in [0.25, 0.3) is 11.0 Å². The van der Waals surface area contributed by atoms with Gasteiger partial charge >= 0.3 is 0 Å². The van der Waals surface area contributed by atoms with E-state index in [-0.39, 0.29) is 16.3 Å². The number of ether oxygens (including phenoxy) is 1. The van der Waals surface area contributed by atoms with Crippen molar-refractivity contribution < 1.29 is 13.9 Å². The van der Waals surface area contributed by atoms with E-state index in [0.29, 0.717) is 17.0 Å². The van der Waals surface area contributed by atoms with Crippen LogP contribution in [0.3, 0.4) is 0 Å². The van der Waals surface area contributed by atoms with Crippen LogP contribution >= 0.6 is 12.2 Å². The summed E-state index contributed by atoms with van der Waals surface area (Å²) in [7, 11) is 1.60. The highest BCUT2D eigenvalue weighted by Crippen LogP contribution is 2.36. The molecule has 0 atom stereocenters. The molecule has 0 spiro atoms. The average molecular weight is 445 g/mol. The van der Waals surface area contributed by atoms with E-state index < -0.39 is 5.91 Å². The Kier molecular flexibility index (Phi) is 5.97. The molecule has 4 rings (SSSR count). The first-order chi connectivity index (χ1) is 15.4. The smallest absolute Gasteiger partial charge is 0.293 e. The van der Waals surface area contributed by atoms with Gasteiger partial charge in [0.05, 0.1) is 12.8 Å². The van der Waals surface area contributed by atoms with Gasteiger partial charge in [0.2, 0.25) is 0 Å². The summed E-state index contributed by atoms with van der Waals surface area (Å²) in [5.74, 6) is 0.401. The Bertz CT molecular complexity index is 1250. The van der Waals surface area contributed by atoms with E-state index in [1.165, 1.54) is 5.56 Å². The molecule has 5 nitrogen and oxygen atoms in total. The van der Waals surface area contributed by atoms with Gasteiger partial charge in [-0.25, -0.2) is 0 Å². The zero-order valence-corrected chi connectivity index (χ0v) is 19.0. The van der Waals surface area contributed by atoms with E-state index in [9.17, 15) is 4.79 Å². The Balaban J connectivity index is 1.54. The molecule has 0 radical (unpaired) electrons. The van der Waals surface area contributed by atoms with Crippen molar-refractivity contribution in [3.8, 4) is 5.75 Å². The van der Waals surface area contributed by atoms with Crippen LogP contribution in [0.1, 0.15) is 35.5 Å². The number of methoxy groups -OCH3 is 1. The van der Waals surface area contributed by atoms with Crippen LogP contribution in [0.2, 0.25) is 0 Å². The van der Waals surface area contributed by atoms with Gasteiger partial charge in [0.15, 0.2) is 10.9 Å². The lowest BCUT2D eigenvalue weighted by Gasteiger charge is -2.27. The van der Waals surface area contributed by atoms with E-state index in [1.54, 1.807) is 13.2 Å². The molecule has 1 heterocycles. The number of nitrogens with one attached hydrogen (secondary N) is 2. The maximum atomic E-state index is 12.6. The third-order valence-electron chi connectivity index (χ3n) is 5.54. The maximum absolute atomic E-state index is 12.6. The van der Waals surface area contributed by atoms with E-state index in [1.807, 2.05) is 60.7 Å². The van der Waals surface area contributed by atoms with Gasteiger partial charge in [-0.3, -0.25) is 10.1 Å². The molecular formula is C26H24N2O3S. The average Bonchev–Trinajstić information content (AvgIpc) is 3.24. The monoisotopic (exact) mass is 444 g/mol. The molecule has 2 N–H and O–H groups in total. The molecule has 4 aromatic rings. The summed E-state index contributed by atoms with van der Waals surface area (Å²) in [4.78, 5) is 12.6. The van der Waals surface area contributed by atoms with Gasteiger partial charge in [0, 0.05) is 10.8 Å². The Morgan fingerprint density at radius 2 is 1.66 bits per heavy atom. The number of carbonyl (C=O) groups excluding carboxylic acids is 1. The molecular weight excluding hydrogens is 420 g/mol. The fraction of sp³-hybridized carbons (Fsp3) is 0.154. The number of furan rings is 1. The third-order valence-corrected chi connectivity index (χ3v) is 5.75. The first kappa shape index (κ1) is 21.6. The van der Waals surface area contributed by atoms with Crippen molar-refractivity contribution in [3.05, 3.63) is 95.7 Å². The molecule has 162 valence electrons. The molecule has 0 aliphatic rings. The second-order valence-corrected chi connectivity index (χ2v) is 8.37. The van der Waals surface area contributed by atoms with Crippen LogP contribution in [0, 0.1) is 0 Å². The van der Waals surface area contributed by atoms with Crippen molar-refractivity contribution in [2.45, 2.75) is 19.3 Å². The minimum absolute atomic E-state index is 0.156. The fourth-order valence-electron chi connectivity index (χ4n) is 3.63. The summed E-state index contributed by atoms with van der Waals surface area (Å²) in [5.41, 5.74) is 3.36. The predicted octanol–water partition coefficient (Wildman–Crippen LogP) is 5.89. The second-order valence-electron chi connectivity index (χ2n) is 7.96. The lowest BCUT2D eigenvalue weighted by molar-refractivity contribution is 0.0953. The van der Waals surface area contributed by atoms with Crippen LogP contribution in [-0.2, 0) is 5.41 Å². The van der Waals surface area contributed by atoms with Gasteiger partial charge in [-0.2, -0.15) is 0 Å². The Labute approximate surface area is 192 Å². The van der Waals surface area contributed by atoms with Crippen LogP contribution in [0.5, 0.6) is 5.75 Å². The molecule has 0 fully saturated rings. The van der Waals surface area contributed by atoms with Crippen LogP contribution in [-0.4, -0.2) is 18.1 Å². The number of anilines is 1. The highest BCUT2D eigenvalue weighted by molar-refractivity contribution is 7.80.